The van der Waals surface area contributed by atoms with Gasteiger partial charge in [-0.3, -0.25) is 4.79 Å². The molecule has 2 aromatic carbocycles. The lowest BCUT2D eigenvalue weighted by Crippen LogP contribution is -2.34. The topological polar surface area (TPSA) is 53.2 Å². The average Bonchev–Trinajstić information content (AvgIpc) is 3.10. The fourth-order valence-electron chi connectivity index (χ4n) is 3.14. The first-order valence-electron chi connectivity index (χ1n) is 8.72. The van der Waals surface area contributed by atoms with E-state index in [4.69, 9.17) is 12.2 Å². The summed E-state index contributed by atoms with van der Waals surface area (Å²) in [6.07, 6.45) is 5.36. The molecule has 1 amide bonds. The second-order valence-electron chi connectivity index (χ2n) is 6.43. The first-order valence-corrected chi connectivity index (χ1v) is 9.13. The minimum Gasteiger partial charge on any atom is -0.356 e. The van der Waals surface area contributed by atoms with Crippen LogP contribution in [0.5, 0.6) is 0 Å². The Bertz CT molecular complexity index is 709. The molecule has 3 rings (SSSR count). The van der Waals surface area contributed by atoms with Crippen molar-refractivity contribution in [1.82, 2.24) is 5.32 Å². The molecule has 2 aromatic rings. The van der Waals surface area contributed by atoms with E-state index in [1.807, 2.05) is 54.6 Å². The van der Waals surface area contributed by atoms with E-state index in [-0.39, 0.29) is 5.91 Å². The number of nitrogens with one attached hydrogen (secondary N) is 3. The number of hydrogen-bond donors (Lipinski definition) is 3. The first kappa shape index (κ1) is 17.4. The van der Waals surface area contributed by atoms with Crippen LogP contribution in [0.15, 0.2) is 54.6 Å². The third kappa shape index (κ3) is 5.57. The van der Waals surface area contributed by atoms with Crippen LogP contribution in [-0.4, -0.2) is 11.0 Å². The molecule has 130 valence electrons. The van der Waals surface area contributed by atoms with E-state index in [9.17, 15) is 4.79 Å². The van der Waals surface area contributed by atoms with Crippen LogP contribution < -0.4 is 16.0 Å². The SMILES string of the molecule is O=C(CC1CCCC1)NC(=S)Nc1ccc(Nc2ccccc2)cc1. The van der Waals surface area contributed by atoms with Crippen molar-refractivity contribution in [1.29, 1.82) is 0 Å². The van der Waals surface area contributed by atoms with Crippen LogP contribution in [0.3, 0.4) is 0 Å². The summed E-state index contributed by atoms with van der Waals surface area (Å²) in [5, 5.41) is 9.52. The van der Waals surface area contributed by atoms with Gasteiger partial charge in [0, 0.05) is 23.5 Å². The summed E-state index contributed by atoms with van der Waals surface area (Å²) in [5.41, 5.74) is 2.88. The van der Waals surface area contributed by atoms with Gasteiger partial charge < -0.3 is 16.0 Å². The summed E-state index contributed by atoms with van der Waals surface area (Å²) in [4.78, 5) is 12.0. The second kappa shape index (κ2) is 8.62. The Balaban J connectivity index is 1.47. The van der Waals surface area contributed by atoms with Crippen molar-refractivity contribution in [3.05, 3.63) is 54.6 Å². The van der Waals surface area contributed by atoms with Gasteiger partial charge in [0.25, 0.3) is 0 Å². The van der Waals surface area contributed by atoms with Crippen molar-refractivity contribution in [2.75, 3.05) is 10.6 Å². The Morgan fingerprint density at radius 3 is 2.20 bits per heavy atom. The Morgan fingerprint density at radius 1 is 0.920 bits per heavy atom. The van der Waals surface area contributed by atoms with Gasteiger partial charge in [0.05, 0.1) is 0 Å². The molecule has 0 spiro atoms. The van der Waals surface area contributed by atoms with E-state index >= 15 is 0 Å². The quantitative estimate of drug-likeness (QED) is 0.674. The van der Waals surface area contributed by atoms with Crippen LogP contribution in [0.25, 0.3) is 0 Å². The normalized spacial score (nSPS) is 14.1. The van der Waals surface area contributed by atoms with Gasteiger partial charge >= 0.3 is 0 Å². The van der Waals surface area contributed by atoms with Crippen LogP contribution >= 0.6 is 12.2 Å². The maximum Gasteiger partial charge on any atom is 0.226 e. The number of carbonyl (C=O) groups excluding carboxylic acids is 1. The molecule has 0 atom stereocenters. The third-order valence-electron chi connectivity index (χ3n) is 4.41. The van der Waals surface area contributed by atoms with E-state index in [2.05, 4.69) is 16.0 Å². The van der Waals surface area contributed by atoms with Crippen molar-refractivity contribution in [3.8, 4) is 0 Å². The number of amides is 1. The molecule has 25 heavy (non-hydrogen) atoms. The molecular formula is C20H23N3OS. The Kier molecular flexibility index (Phi) is 6.01. The van der Waals surface area contributed by atoms with E-state index in [1.165, 1.54) is 12.8 Å². The van der Waals surface area contributed by atoms with Crippen LogP contribution in [0.1, 0.15) is 32.1 Å². The summed E-state index contributed by atoms with van der Waals surface area (Å²) >= 11 is 5.23. The Morgan fingerprint density at radius 2 is 1.52 bits per heavy atom. The van der Waals surface area contributed by atoms with Gasteiger partial charge in [0.15, 0.2) is 5.11 Å². The molecule has 0 aliphatic heterocycles. The van der Waals surface area contributed by atoms with Crippen LogP contribution in [-0.2, 0) is 4.79 Å². The second-order valence-corrected chi connectivity index (χ2v) is 6.83. The molecule has 0 bridgehead atoms. The molecule has 0 aromatic heterocycles. The van der Waals surface area contributed by atoms with Crippen molar-refractivity contribution in [3.63, 3.8) is 0 Å². The zero-order valence-corrected chi connectivity index (χ0v) is 14.9. The Labute approximate surface area is 154 Å². The highest BCUT2D eigenvalue weighted by Gasteiger charge is 2.18. The van der Waals surface area contributed by atoms with E-state index in [0.717, 1.165) is 29.9 Å². The highest BCUT2D eigenvalue weighted by Crippen LogP contribution is 2.27. The highest BCUT2D eigenvalue weighted by atomic mass is 32.1. The Hall–Kier alpha value is -2.40. The molecule has 1 aliphatic carbocycles. The van der Waals surface area contributed by atoms with Crippen LogP contribution in [0, 0.1) is 5.92 Å². The summed E-state index contributed by atoms with van der Waals surface area (Å²) < 4.78 is 0. The summed E-state index contributed by atoms with van der Waals surface area (Å²) in [6, 6.07) is 17.8. The minimum absolute atomic E-state index is 0.00626. The molecule has 0 saturated heterocycles. The predicted octanol–water partition coefficient (Wildman–Crippen LogP) is 4.82. The van der Waals surface area contributed by atoms with Gasteiger partial charge in [0.1, 0.15) is 0 Å². The maximum atomic E-state index is 12.0. The van der Waals surface area contributed by atoms with Crippen molar-refractivity contribution >= 4 is 40.3 Å². The monoisotopic (exact) mass is 353 g/mol. The van der Waals surface area contributed by atoms with Crippen molar-refractivity contribution in [2.24, 2.45) is 5.92 Å². The lowest BCUT2D eigenvalue weighted by molar-refractivity contribution is -0.120. The van der Waals surface area contributed by atoms with E-state index in [0.29, 0.717) is 17.5 Å². The average molecular weight is 353 g/mol. The molecule has 1 fully saturated rings. The number of anilines is 3. The highest BCUT2D eigenvalue weighted by molar-refractivity contribution is 7.80. The van der Waals surface area contributed by atoms with Gasteiger partial charge in [-0.2, -0.15) is 0 Å². The maximum absolute atomic E-state index is 12.0. The summed E-state index contributed by atoms with van der Waals surface area (Å²) in [6.45, 7) is 0. The summed E-state index contributed by atoms with van der Waals surface area (Å²) in [7, 11) is 0. The standard InChI is InChI=1S/C20H23N3OS/c24-19(14-15-6-4-5-7-15)23-20(25)22-18-12-10-17(11-13-18)21-16-8-2-1-3-9-16/h1-3,8-13,15,21H,4-7,14H2,(H2,22,23,24,25). The van der Waals surface area contributed by atoms with Gasteiger partial charge in [-0.05, 0) is 67.4 Å². The minimum atomic E-state index is 0.00626. The van der Waals surface area contributed by atoms with Gasteiger partial charge in [-0.25, -0.2) is 0 Å². The molecule has 4 nitrogen and oxygen atoms in total. The first-order chi connectivity index (χ1) is 12.2. The smallest absolute Gasteiger partial charge is 0.226 e. The number of rotatable bonds is 5. The third-order valence-corrected chi connectivity index (χ3v) is 4.61. The van der Waals surface area contributed by atoms with Gasteiger partial charge in [-0.1, -0.05) is 31.0 Å². The van der Waals surface area contributed by atoms with Crippen LogP contribution in [0.4, 0.5) is 17.1 Å². The van der Waals surface area contributed by atoms with Gasteiger partial charge in [0.2, 0.25) is 5.91 Å². The largest absolute Gasteiger partial charge is 0.356 e. The van der Waals surface area contributed by atoms with Crippen molar-refractivity contribution < 1.29 is 4.79 Å². The zero-order chi connectivity index (χ0) is 17.5. The zero-order valence-electron chi connectivity index (χ0n) is 14.1. The number of hydrogen-bond acceptors (Lipinski definition) is 3. The molecule has 0 radical (unpaired) electrons. The number of thiocarbonyl (C=S) groups is 1. The molecule has 3 N–H and O–H groups in total. The molecule has 1 saturated carbocycles. The molecule has 5 heteroatoms. The molecule has 0 heterocycles. The lowest BCUT2D eigenvalue weighted by atomic mass is 10.0. The van der Waals surface area contributed by atoms with Gasteiger partial charge in [-0.15, -0.1) is 0 Å². The number of carbonyl (C=O) groups is 1. The molecule has 1 aliphatic rings. The summed E-state index contributed by atoms with van der Waals surface area (Å²) in [5.74, 6) is 0.526. The van der Waals surface area contributed by atoms with E-state index in [1.54, 1.807) is 0 Å². The fraction of sp³-hybridized carbons (Fsp3) is 0.300. The molecular weight excluding hydrogens is 330 g/mol. The van der Waals surface area contributed by atoms with E-state index < -0.39 is 0 Å². The predicted molar refractivity (Wildman–Crippen MR) is 107 cm³/mol. The fourth-order valence-corrected chi connectivity index (χ4v) is 3.37. The lowest BCUT2D eigenvalue weighted by Gasteiger charge is -2.12. The number of benzene rings is 2. The molecule has 0 unspecified atom stereocenters. The van der Waals surface area contributed by atoms with Crippen LogP contribution in [0.2, 0.25) is 0 Å². The van der Waals surface area contributed by atoms with Crippen molar-refractivity contribution in [2.45, 2.75) is 32.1 Å². The number of para-hydroxylation sites is 1.